The number of methoxy groups -OCH3 is 2. The van der Waals surface area contributed by atoms with E-state index in [4.69, 9.17) is 21.1 Å². The van der Waals surface area contributed by atoms with Crippen molar-refractivity contribution in [1.82, 2.24) is 9.21 Å². The lowest BCUT2D eigenvalue weighted by Crippen LogP contribution is -2.39. The number of sulfonamides is 1. The summed E-state index contributed by atoms with van der Waals surface area (Å²) in [7, 11) is -0.576. The van der Waals surface area contributed by atoms with Crippen LogP contribution in [0.15, 0.2) is 35.2 Å². The van der Waals surface area contributed by atoms with Crippen LogP contribution < -0.4 is 9.47 Å². The Morgan fingerprint density at radius 1 is 1.00 bits per heavy atom. The van der Waals surface area contributed by atoms with Crippen LogP contribution in [0, 0.1) is 0 Å². The van der Waals surface area contributed by atoms with E-state index in [2.05, 4.69) is 0 Å². The molecule has 0 bridgehead atoms. The van der Waals surface area contributed by atoms with E-state index >= 15 is 0 Å². The second-order valence-electron chi connectivity index (χ2n) is 8.44. The van der Waals surface area contributed by atoms with E-state index in [0.717, 1.165) is 30.4 Å². The molecule has 1 amide bonds. The number of fused-ring (bicyclic) bond motifs is 1. The summed E-state index contributed by atoms with van der Waals surface area (Å²) in [6, 6.07) is 8.17. The maximum atomic E-state index is 13.5. The molecule has 9 heteroatoms. The lowest BCUT2D eigenvalue weighted by molar-refractivity contribution is 0.0677. The summed E-state index contributed by atoms with van der Waals surface area (Å²) in [5, 5.41) is 0.131. The van der Waals surface area contributed by atoms with Gasteiger partial charge in [0.05, 0.1) is 25.3 Å². The minimum Gasteiger partial charge on any atom is -0.493 e. The zero-order chi connectivity index (χ0) is 23.8. The maximum Gasteiger partial charge on any atom is 0.254 e. The molecule has 2 aromatic carbocycles. The highest BCUT2D eigenvalue weighted by molar-refractivity contribution is 7.89. The summed E-state index contributed by atoms with van der Waals surface area (Å²) in [6.45, 7) is 3.42. The van der Waals surface area contributed by atoms with Crippen molar-refractivity contribution in [3.05, 3.63) is 52.0 Å². The second-order valence-corrected chi connectivity index (χ2v) is 10.8. The van der Waals surface area contributed by atoms with Crippen LogP contribution in [0.5, 0.6) is 11.5 Å². The van der Waals surface area contributed by atoms with Gasteiger partial charge >= 0.3 is 0 Å². The van der Waals surface area contributed by atoms with Gasteiger partial charge in [-0.1, -0.05) is 18.0 Å². The molecule has 1 saturated heterocycles. The van der Waals surface area contributed by atoms with Gasteiger partial charge in [-0.25, -0.2) is 8.42 Å². The molecule has 2 aliphatic heterocycles. The molecule has 0 N–H and O–H groups in total. The van der Waals surface area contributed by atoms with Crippen molar-refractivity contribution in [1.29, 1.82) is 0 Å². The van der Waals surface area contributed by atoms with Crippen molar-refractivity contribution in [2.24, 2.45) is 0 Å². The second kappa shape index (κ2) is 9.52. The van der Waals surface area contributed by atoms with Crippen molar-refractivity contribution < 1.29 is 22.7 Å². The van der Waals surface area contributed by atoms with E-state index in [1.807, 2.05) is 19.1 Å². The SMILES string of the molecule is COc1cc2c(cc1OC)[C@H](C)N(C(=O)c1ccc(Cl)c(S(=O)(=O)N3CCCCC3)c1)CC2. The molecule has 2 aromatic rings. The van der Waals surface area contributed by atoms with E-state index in [1.165, 1.54) is 16.4 Å². The van der Waals surface area contributed by atoms with Crippen LogP contribution >= 0.6 is 11.6 Å². The summed E-state index contributed by atoms with van der Waals surface area (Å²) < 4.78 is 38.7. The molecule has 0 aromatic heterocycles. The fourth-order valence-electron chi connectivity index (χ4n) is 4.67. The van der Waals surface area contributed by atoms with Gasteiger partial charge in [0.2, 0.25) is 10.0 Å². The van der Waals surface area contributed by atoms with Crippen molar-refractivity contribution >= 4 is 27.5 Å². The van der Waals surface area contributed by atoms with Crippen molar-refractivity contribution in [3.63, 3.8) is 0 Å². The Hall–Kier alpha value is -2.29. The maximum absolute atomic E-state index is 13.5. The highest BCUT2D eigenvalue weighted by Gasteiger charge is 2.32. The van der Waals surface area contributed by atoms with E-state index in [1.54, 1.807) is 25.2 Å². The van der Waals surface area contributed by atoms with Gasteiger partial charge in [-0.05, 0) is 67.6 Å². The first-order valence-corrected chi connectivity index (χ1v) is 12.9. The van der Waals surface area contributed by atoms with Crippen LogP contribution in [0.25, 0.3) is 0 Å². The van der Waals surface area contributed by atoms with E-state index < -0.39 is 10.0 Å². The third kappa shape index (κ3) is 4.44. The Morgan fingerprint density at radius 2 is 1.67 bits per heavy atom. The van der Waals surface area contributed by atoms with E-state index in [9.17, 15) is 13.2 Å². The average Bonchev–Trinajstić information content (AvgIpc) is 2.84. The number of benzene rings is 2. The monoisotopic (exact) mass is 492 g/mol. The molecule has 4 rings (SSSR count). The molecule has 0 unspecified atom stereocenters. The van der Waals surface area contributed by atoms with E-state index in [0.29, 0.717) is 43.1 Å². The zero-order valence-corrected chi connectivity index (χ0v) is 20.7. The quantitative estimate of drug-likeness (QED) is 0.622. The fraction of sp³-hybridized carbons (Fsp3) is 0.458. The van der Waals surface area contributed by atoms with Crippen LogP contribution in [-0.4, -0.2) is 57.4 Å². The molecule has 0 spiro atoms. The normalized spacial score (nSPS) is 19.2. The number of hydrogen-bond donors (Lipinski definition) is 0. The third-order valence-corrected chi connectivity index (χ3v) is 8.94. The molecule has 33 heavy (non-hydrogen) atoms. The third-order valence-electron chi connectivity index (χ3n) is 6.56. The van der Waals surface area contributed by atoms with Crippen LogP contribution in [0.2, 0.25) is 5.02 Å². The van der Waals surface area contributed by atoms with Gasteiger partial charge in [0.25, 0.3) is 5.91 Å². The molecular formula is C24H29ClN2O5S. The molecule has 178 valence electrons. The van der Waals surface area contributed by atoms with Gasteiger partial charge in [-0.2, -0.15) is 4.31 Å². The van der Waals surface area contributed by atoms with Crippen LogP contribution in [-0.2, 0) is 16.4 Å². The lowest BCUT2D eigenvalue weighted by atomic mass is 9.92. The Labute approximate surface area is 200 Å². The topological polar surface area (TPSA) is 76.1 Å². The Balaban J connectivity index is 1.65. The standard InChI is InChI=1S/C24H29ClN2O5S/c1-16-19-15-22(32-3)21(31-2)13-17(19)9-12-27(16)24(28)18-7-8-20(25)23(14-18)33(29,30)26-10-5-4-6-11-26/h7-8,13-16H,4-6,9-12H2,1-3H3/t16-/m0/s1. The first kappa shape index (κ1) is 23.9. The highest BCUT2D eigenvalue weighted by atomic mass is 35.5. The van der Waals surface area contributed by atoms with Crippen LogP contribution in [0.1, 0.15) is 53.7 Å². The van der Waals surface area contributed by atoms with Crippen molar-refractivity contribution in [2.75, 3.05) is 33.9 Å². The molecular weight excluding hydrogens is 464 g/mol. The Kier molecular flexibility index (Phi) is 6.88. The lowest BCUT2D eigenvalue weighted by Gasteiger charge is -2.36. The number of ether oxygens (including phenoxy) is 2. The minimum atomic E-state index is -3.76. The van der Waals surface area contributed by atoms with Gasteiger partial charge in [0.15, 0.2) is 11.5 Å². The Morgan fingerprint density at radius 3 is 2.33 bits per heavy atom. The molecule has 0 saturated carbocycles. The predicted octanol–water partition coefficient (Wildman–Crippen LogP) is 4.29. The minimum absolute atomic E-state index is 0.00613. The molecule has 2 heterocycles. The van der Waals surface area contributed by atoms with Crippen LogP contribution in [0.4, 0.5) is 0 Å². The first-order chi connectivity index (χ1) is 15.8. The molecule has 1 fully saturated rings. The van der Waals surface area contributed by atoms with Crippen LogP contribution in [0.3, 0.4) is 0 Å². The molecule has 0 aliphatic carbocycles. The number of rotatable bonds is 5. The summed E-state index contributed by atoms with van der Waals surface area (Å²) in [4.78, 5) is 15.2. The predicted molar refractivity (Wildman–Crippen MR) is 127 cm³/mol. The fourth-order valence-corrected chi connectivity index (χ4v) is 6.68. The summed E-state index contributed by atoms with van der Waals surface area (Å²) in [5.41, 5.74) is 2.40. The number of amides is 1. The summed E-state index contributed by atoms with van der Waals surface area (Å²) >= 11 is 6.29. The summed E-state index contributed by atoms with van der Waals surface area (Å²) in [5.74, 6) is 1.04. The van der Waals surface area contributed by atoms with Gasteiger partial charge in [-0.15, -0.1) is 0 Å². The van der Waals surface area contributed by atoms with Gasteiger partial charge in [0, 0.05) is 25.2 Å². The van der Waals surface area contributed by atoms with Gasteiger partial charge in [-0.3, -0.25) is 4.79 Å². The van der Waals surface area contributed by atoms with Gasteiger partial charge in [0.1, 0.15) is 4.90 Å². The molecule has 2 aliphatic rings. The van der Waals surface area contributed by atoms with Gasteiger partial charge < -0.3 is 14.4 Å². The molecule has 0 radical (unpaired) electrons. The van der Waals surface area contributed by atoms with Crippen molar-refractivity contribution in [2.45, 2.75) is 43.5 Å². The number of hydrogen-bond acceptors (Lipinski definition) is 5. The largest absolute Gasteiger partial charge is 0.493 e. The van der Waals surface area contributed by atoms with E-state index in [-0.39, 0.29) is 21.9 Å². The number of piperidine rings is 1. The Bertz CT molecular complexity index is 1160. The number of carbonyl (C=O) groups excluding carboxylic acids is 1. The highest BCUT2D eigenvalue weighted by Crippen LogP contribution is 2.38. The summed E-state index contributed by atoms with van der Waals surface area (Å²) in [6.07, 6.45) is 3.34. The number of nitrogens with zero attached hydrogens (tertiary/aromatic N) is 2. The number of carbonyl (C=O) groups is 1. The zero-order valence-electron chi connectivity index (χ0n) is 19.1. The molecule has 1 atom stereocenters. The molecule has 7 nitrogen and oxygen atoms in total. The average molecular weight is 493 g/mol. The first-order valence-electron chi connectivity index (χ1n) is 11.1. The van der Waals surface area contributed by atoms with Crippen molar-refractivity contribution in [3.8, 4) is 11.5 Å². The smallest absolute Gasteiger partial charge is 0.254 e. The number of halogens is 1.